The molecule has 1 unspecified atom stereocenters. The van der Waals surface area contributed by atoms with E-state index in [1.54, 1.807) is 24.1 Å². The van der Waals surface area contributed by atoms with E-state index in [1.165, 1.54) is 6.92 Å². The summed E-state index contributed by atoms with van der Waals surface area (Å²) in [7, 11) is 1.61. The minimum atomic E-state index is -0.649. The smallest absolute Gasteiger partial charge is 0.243 e. The number of benzene rings is 3. The van der Waals surface area contributed by atoms with Gasteiger partial charge in [-0.15, -0.1) is 0 Å². The van der Waals surface area contributed by atoms with Crippen molar-refractivity contribution in [2.75, 3.05) is 7.11 Å². The van der Waals surface area contributed by atoms with Crippen molar-refractivity contribution in [1.29, 1.82) is 0 Å². The number of ether oxygens (including phenoxy) is 1. The van der Waals surface area contributed by atoms with E-state index in [0.717, 1.165) is 22.4 Å². The highest BCUT2D eigenvalue weighted by atomic mass is 35.5. The molecule has 1 N–H and O–H groups in total. The molecule has 166 valence electrons. The fourth-order valence-corrected chi connectivity index (χ4v) is 3.59. The second-order valence-corrected chi connectivity index (χ2v) is 7.98. The van der Waals surface area contributed by atoms with Gasteiger partial charge in [0.15, 0.2) is 0 Å². The van der Waals surface area contributed by atoms with Gasteiger partial charge in [-0.1, -0.05) is 66.2 Å². The van der Waals surface area contributed by atoms with Crippen LogP contribution in [0, 0.1) is 0 Å². The molecule has 0 spiro atoms. The Hall–Kier alpha value is -3.31. The third kappa shape index (κ3) is 6.59. The number of carbonyl (C=O) groups excluding carboxylic acids is 2. The number of nitrogens with one attached hydrogen (secondary N) is 1. The summed E-state index contributed by atoms with van der Waals surface area (Å²) in [4.78, 5) is 27.5. The first kappa shape index (κ1) is 23.4. The van der Waals surface area contributed by atoms with Gasteiger partial charge in [0, 0.05) is 31.5 Å². The molecule has 0 saturated heterocycles. The van der Waals surface area contributed by atoms with Gasteiger partial charge in [0.1, 0.15) is 11.8 Å². The topological polar surface area (TPSA) is 58.6 Å². The summed E-state index contributed by atoms with van der Waals surface area (Å²) in [5, 5.41) is 3.63. The van der Waals surface area contributed by atoms with Crippen LogP contribution in [0.5, 0.6) is 5.75 Å². The molecule has 6 heteroatoms. The third-order valence-electron chi connectivity index (χ3n) is 5.25. The Labute approximate surface area is 194 Å². The summed E-state index contributed by atoms with van der Waals surface area (Å²) in [5.41, 5.74) is 2.84. The number of methoxy groups -OCH3 is 1. The average molecular weight is 451 g/mol. The van der Waals surface area contributed by atoms with Crippen LogP contribution in [-0.4, -0.2) is 29.9 Å². The molecule has 1 atom stereocenters. The van der Waals surface area contributed by atoms with Crippen molar-refractivity contribution in [3.8, 4) is 5.75 Å². The van der Waals surface area contributed by atoms with Crippen LogP contribution >= 0.6 is 11.6 Å². The van der Waals surface area contributed by atoms with Crippen molar-refractivity contribution in [1.82, 2.24) is 10.2 Å². The predicted molar refractivity (Wildman–Crippen MR) is 126 cm³/mol. The van der Waals surface area contributed by atoms with Crippen LogP contribution in [0.15, 0.2) is 78.9 Å². The molecule has 0 saturated carbocycles. The highest BCUT2D eigenvalue weighted by molar-refractivity contribution is 6.30. The van der Waals surface area contributed by atoms with E-state index in [2.05, 4.69) is 5.32 Å². The molecule has 2 amide bonds. The number of hydrogen-bond acceptors (Lipinski definition) is 3. The van der Waals surface area contributed by atoms with Crippen LogP contribution in [0.25, 0.3) is 0 Å². The molecule has 0 heterocycles. The molecule has 0 radical (unpaired) electrons. The Balaban J connectivity index is 1.81. The molecule has 0 aliphatic rings. The molecule has 0 aliphatic heterocycles. The quantitative estimate of drug-likeness (QED) is 0.517. The Bertz CT molecular complexity index is 1020. The molecule has 3 aromatic carbocycles. The average Bonchev–Trinajstić information content (AvgIpc) is 2.81. The summed E-state index contributed by atoms with van der Waals surface area (Å²) < 4.78 is 5.21. The highest BCUT2D eigenvalue weighted by Gasteiger charge is 2.28. The van der Waals surface area contributed by atoms with Gasteiger partial charge < -0.3 is 15.0 Å². The molecule has 3 rings (SSSR count). The van der Waals surface area contributed by atoms with E-state index in [9.17, 15) is 9.59 Å². The van der Waals surface area contributed by atoms with Crippen LogP contribution < -0.4 is 10.1 Å². The number of amides is 2. The summed E-state index contributed by atoms with van der Waals surface area (Å²) in [6.07, 6.45) is 0.420. The van der Waals surface area contributed by atoms with Crippen LogP contribution in [0.4, 0.5) is 0 Å². The molecule has 0 bridgehead atoms. The molecule has 3 aromatic rings. The van der Waals surface area contributed by atoms with Gasteiger partial charge in [-0.3, -0.25) is 9.59 Å². The second-order valence-electron chi connectivity index (χ2n) is 7.54. The van der Waals surface area contributed by atoms with Gasteiger partial charge in [-0.25, -0.2) is 0 Å². The normalized spacial score (nSPS) is 11.5. The van der Waals surface area contributed by atoms with Crippen molar-refractivity contribution in [3.05, 3.63) is 101 Å². The minimum Gasteiger partial charge on any atom is -0.497 e. The van der Waals surface area contributed by atoms with Crippen molar-refractivity contribution >= 4 is 23.4 Å². The zero-order valence-corrected chi connectivity index (χ0v) is 19.0. The van der Waals surface area contributed by atoms with Crippen molar-refractivity contribution in [2.24, 2.45) is 0 Å². The summed E-state index contributed by atoms with van der Waals surface area (Å²) in [5.74, 6) is 0.376. The third-order valence-corrected chi connectivity index (χ3v) is 5.50. The van der Waals surface area contributed by atoms with Crippen molar-refractivity contribution in [2.45, 2.75) is 32.5 Å². The zero-order valence-electron chi connectivity index (χ0n) is 18.3. The van der Waals surface area contributed by atoms with Crippen molar-refractivity contribution < 1.29 is 14.3 Å². The number of nitrogens with zero attached hydrogens (tertiary/aromatic N) is 1. The fraction of sp³-hybridized carbons (Fsp3) is 0.231. The minimum absolute atomic E-state index is 0.164. The SMILES string of the molecule is COc1ccc(CN(C(C)=O)C(Cc2ccccc2)C(=O)NCc2ccc(Cl)cc2)cc1. The highest BCUT2D eigenvalue weighted by Crippen LogP contribution is 2.17. The van der Waals surface area contributed by atoms with E-state index < -0.39 is 6.04 Å². The molecule has 0 aliphatic carbocycles. The lowest BCUT2D eigenvalue weighted by Crippen LogP contribution is -2.49. The first-order chi connectivity index (χ1) is 15.5. The lowest BCUT2D eigenvalue weighted by Gasteiger charge is -2.30. The first-order valence-corrected chi connectivity index (χ1v) is 10.8. The fourth-order valence-electron chi connectivity index (χ4n) is 3.46. The Morgan fingerprint density at radius 3 is 2.12 bits per heavy atom. The van der Waals surface area contributed by atoms with Crippen LogP contribution in [-0.2, 0) is 29.1 Å². The van der Waals surface area contributed by atoms with Crippen LogP contribution in [0.2, 0.25) is 5.02 Å². The van der Waals surface area contributed by atoms with Crippen LogP contribution in [0.1, 0.15) is 23.6 Å². The largest absolute Gasteiger partial charge is 0.497 e. The van der Waals surface area contributed by atoms with Gasteiger partial charge in [-0.05, 0) is 41.0 Å². The van der Waals surface area contributed by atoms with E-state index in [1.807, 2.05) is 66.7 Å². The van der Waals surface area contributed by atoms with Gasteiger partial charge in [-0.2, -0.15) is 0 Å². The molecular weight excluding hydrogens is 424 g/mol. The monoisotopic (exact) mass is 450 g/mol. The number of halogens is 1. The Morgan fingerprint density at radius 1 is 0.906 bits per heavy atom. The van der Waals surface area contributed by atoms with Gasteiger partial charge >= 0.3 is 0 Å². The van der Waals surface area contributed by atoms with Gasteiger partial charge in [0.2, 0.25) is 11.8 Å². The first-order valence-electron chi connectivity index (χ1n) is 10.4. The lowest BCUT2D eigenvalue weighted by atomic mass is 10.0. The van der Waals surface area contributed by atoms with E-state index in [0.29, 0.717) is 24.5 Å². The second kappa shape index (κ2) is 11.3. The molecule has 0 aromatic heterocycles. The Kier molecular flexibility index (Phi) is 8.28. The van der Waals surface area contributed by atoms with Crippen molar-refractivity contribution in [3.63, 3.8) is 0 Å². The maximum absolute atomic E-state index is 13.3. The van der Waals surface area contributed by atoms with Crippen LogP contribution in [0.3, 0.4) is 0 Å². The standard InChI is InChI=1S/C26H27ClN2O3/c1-19(30)29(18-22-10-14-24(32-2)15-11-22)25(16-20-6-4-3-5-7-20)26(31)28-17-21-8-12-23(27)13-9-21/h3-15,25H,16-18H2,1-2H3,(H,28,31). The maximum atomic E-state index is 13.3. The summed E-state index contributed by atoms with van der Waals surface area (Å²) >= 11 is 5.95. The molecule has 32 heavy (non-hydrogen) atoms. The molecule has 5 nitrogen and oxygen atoms in total. The molecule has 0 fully saturated rings. The summed E-state index contributed by atoms with van der Waals surface area (Å²) in [6, 6.07) is 23.9. The predicted octanol–water partition coefficient (Wildman–Crippen LogP) is 4.62. The number of carbonyl (C=O) groups is 2. The van der Waals surface area contributed by atoms with Gasteiger partial charge in [0.25, 0.3) is 0 Å². The Morgan fingerprint density at radius 2 is 1.53 bits per heavy atom. The van der Waals surface area contributed by atoms with Gasteiger partial charge in [0.05, 0.1) is 7.11 Å². The summed E-state index contributed by atoms with van der Waals surface area (Å²) in [6.45, 7) is 2.18. The zero-order chi connectivity index (χ0) is 22.9. The van der Waals surface area contributed by atoms with E-state index in [-0.39, 0.29) is 11.8 Å². The van der Waals surface area contributed by atoms with E-state index >= 15 is 0 Å². The maximum Gasteiger partial charge on any atom is 0.243 e. The number of rotatable bonds is 9. The van der Waals surface area contributed by atoms with E-state index in [4.69, 9.17) is 16.3 Å². The number of hydrogen-bond donors (Lipinski definition) is 1. The molecular formula is C26H27ClN2O3. The lowest BCUT2D eigenvalue weighted by molar-refractivity contribution is -0.139.